The highest BCUT2D eigenvalue weighted by molar-refractivity contribution is 5.87. The van der Waals surface area contributed by atoms with E-state index in [9.17, 15) is 4.79 Å². The van der Waals surface area contributed by atoms with Gasteiger partial charge in [0.05, 0.1) is 12.1 Å². The van der Waals surface area contributed by atoms with Gasteiger partial charge in [0.25, 0.3) is 5.91 Å². The lowest BCUT2D eigenvalue weighted by Crippen LogP contribution is -2.67. The van der Waals surface area contributed by atoms with Crippen LogP contribution in [0.3, 0.4) is 0 Å². The van der Waals surface area contributed by atoms with Gasteiger partial charge in [0.2, 0.25) is 0 Å². The number of para-hydroxylation sites is 1. The molecule has 1 aliphatic rings. The molecule has 4 heteroatoms. The minimum Gasteiger partial charge on any atom is -0.377 e. The molecule has 1 N–H and O–H groups in total. The third-order valence-corrected chi connectivity index (χ3v) is 5.86. The van der Waals surface area contributed by atoms with Gasteiger partial charge in [-0.1, -0.05) is 109 Å². The molecule has 1 fully saturated rings. The molecule has 158 valence electrons. The molecule has 1 heterocycles. The summed E-state index contributed by atoms with van der Waals surface area (Å²) in [5, 5.41) is 5.13. The van der Waals surface area contributed by atoms with Gasteiger partial charge in [-0.15, -0.1) is 0 Å². The minimum atomic E-state index is -0.678. The van der Waals surface area contributed by atoms with Crippen LogP contribution in [0.5, 0.6) is 5.75 Å². The maximum absolute atomic E-state index is 13.1. The maximum Gasteiger partial charge on any atom is 0.274 e. The zero-order valence-corrected chi connectivity index (χ0v) is 17.6. The molecular weight excluding hydrogens is 396 g/mol. The number of hydroxylamine groups is 2. The monoisotopic (exact) mass is 420 g/mol. The van der Waals surface area contributed by atoms with Gasteiger partial charge in [-0.2, -0.15) is 5.06 Å². The summed E-state index contributed by atoms with van der Waals surface area (Å²) < 4.78 is 0. The summed E-state index contributed by atoms with van der Waals surface area (Å²) in [7, 11) is 0. The minimum absolute atomic E-state index is 0.0824. The Bertz CT molecular complexity index is 1070. The van der Waals surface area contributed by atoms with Crippen LogP contribution in [0.15, 0.2) is 121 Å². The van der Waals surface area contributed by atoms with Gasteiger partial charge in [-0.05, 0) is 28.8 Å². The Morgan fingerprint density at radius 3 is 1.47 bits per heavy atom. The number of nitrogens with one attached hydrogen (secondary N) is 1. The highest BCUT2D eigenvalue weighted by Gasteiger charge is 2.46. The van der Waals surface area contributed by atoms with E-state index in [2.05, 4.69) is 41.7 Å². The molecule has 1 aliphatic heterocycles. The Labute approximate surface area is 188 Å². The van der Waals surface area contributed by atoms with E-state index in [0.717, 1.165) is 16.7 Å². The lowest BCUT2D eigenvalue weighted by molar-refractivity contribution is -0.181. The Morgan fingerprint density at radius 1 is 0.656 bits per heavy atom. The van der Waals surface area contributed by atoms with Gasteiger partial charge in [-0.3, -0.25) is 10.1 Å². The van der Waals surface area contributed by atoms with E-state index in [1.54, 1.807) is 0 Å². The first kappa shape index (κ1) is 20.0. The summed E-state index contributed by atoms with van der Waals surface area (Å²) in [4.78, 5) is 18.8. The normalized spacial score (nSPS) is 15.8. The molecule has 1 unspecified atom stereocenters. The molecule has 0 spiro atoms. The molecule has 4 nitrogen and oxygen atoms in total. The summed E-state index contributed by atoms with van der Waals surface area (Å²) in [6.07, 6.45) is 0. The SMILES string of the molecule is O=C1C(NC(c2ccccc2)(c2ccccc2)c2ccccc2)CN1Oc1ccccc1. The van der Waals surface area contributed by atoms with Gasteiger partial charge in [-0.25, -0.2) is 0 Å². The zero-order chi connectivity index (χ0) is 21.8. The van der Waals surface area contributed by atoms with Crippen molar-refractivity contribution >= 4 is 5.91 Å². The summed E-state index contributed by atoms with van der Waals surface area (Å²) in [5.74, 6) is 0.570. The summed E-state index contributed by atoms with van der Waals surface area (Å²) in [6.45, 7) is 0.460. The topological polar surface area (TPSA) is 41.6 Å². The molecule has 0 radical (unpaired) electrons. The predicted molar refractivity (Wildman–Crippen MR) is 125 cm³/mol. The number of carbonyl (C=O) groups is 1. The van der Waals surface area contributed by atoms with E-state index in [1.807, 2.05) is 84.9 Å². The third-order valence-electron chi connectivity index (χ3n) is 5.86. The fourth-order valence-corrected chi connectivity index (χ4v) is 4.27. The van der Waals surface area contributed by atoms with Crippen molar-refractivity contribution in [2.45, 2.75) is 11.6 Å². The molecule has 4 aromatic carbocycles. The molecule has 0 aromatic heterocycles. The van der Waals surface area contributed by atoms with Gasteiger partial charge in [0.15, 0.2) is 5.75 Å². The first-order chi connectivity index (χ1) is 15.8. The number of rotatable bonds is 7. The number of hydrogen-bond donors (Lipinski definition) is 1. The van der Waals surface area contributed by atoms with Crippen molar-refractivity contribution in [1.29, 1.82) is 0 Å². The van der Waals surface area contributed by atoms with Crippen molar-refractivity contribution in [3.8, 4) is 5.75 Å². The number of amides is 1. The second-order valence-corrected chi connectivity index (χ2v) is 7.85. The van der Waals surface area contributed by atoms with Gasteiger partial charge >= 0.3 is 0 Å². The van der Waals surface area contributed by atoms with Gasteiger partial charge < -0.3 is 4.84 Å². The number of hydrogen-bond acceptors (Lipinski definition) is 3. The summed E-state index contributed by atoms with van der Waals surface area (Å²) in [5.41, 5.74) is 2.55. The molecule has 5 rings (SSSR count). The van der Waals surface area contributed by atoms with Crippen molar-refractivity contribution in [2.24, 2.45) is 0 Å². The van der Waals surface area contributed by atoms with Crippen molar-refractivity contribution in [1.82, 2.24) is 10.4 Å². The molecule has 0 saturated carbocycles. The summed E-state index contributed by atoms with van der Waals surface area (Å²) >= 11 is 0. The number of nitrogens with zero attached hydrogens (tertiary/aromatic N) is 1. The number of β-lactam (4-membered cyclic amide) rings is 1. The lowest BCUT2D eigenvalue weighted by atomic mass is 9.76. The zero-order valence-electron chi connectivity index (χ0n) is 17.6. The van der Waals surface area contributed by atoms with Gasteiger partial charge in [0, 0.05) is 0 Å². The third kappa shape index (κ3) is 3.66. The molecule has 32 heavy (non-hydrogen) atoms. The standard InChI is InChI=1S/C28H24N2O2/c31-27-26(21-30(27)32-25-19-11-4-12-20-25)29-28(22-13-5-1-6-14-22,23-15-7-2-8-16-23)24-17-9-3-10-18-24/h1-20,26,29H,21H2. The van der Waals surface area contributed by atoms with E-state index < -0.39 is 5.54 Å². The van der Waals surface area contributed by atoms with Crippen LogP contribution >= 0.6 is 0 Å². The van der Waals surface area contributed by atoms with Crippen molar-refractivity contribution in [3.63, 3.8) is 0 Å². The van der Waals surface area contributed by atoms with E-state index >= 15 is 0 Å². The predicted octanol–water partition coefficient (Wildman–Crippen LogP) is 4.77. The smallest absolute Gasteiger partial charge is 0.274 e. The van der Waals surface area contributed by atoms with E-state index in [1.165, 1.54) is 5.06 Å². The maximum atomic E-state index is 13.1. The molecule has 1 atom stereocenters. The largest absolute Gasteiger partial charge is 0.377 e. The average molecular weight is 421 g/mol. The molecule has 0 aliphatic carbocycles. The molecule has 0 bridgehead atoms. The lowest BCUT2D eigenvalue weighted by Gasteiger charge is -2.45. The fraction of sp³-hybridized carbons (Fsp3) is 0.107. The molecule has 1 saturated heterocycles. The molecular formula is C28H24N2O2. The second-order valence-electron chi connectivity index (χ2n) is 7.85. The number of carbonyl (C=O) groups excluding carboxylic acids is 1. The fourth-order valence-electron chi connectivity index (χ4n) is 4.27. The summed E-state index contributed by atoms with van der Waals surface area (Å²) in [6, 6.07) is 39.9. The Kier molecular flexibility index (Phi) is 5.44. The second kappa shape index (κ2) is 8.69. The molecule has 4 aromatic rings. The van der Waals surface area contributed by atoms with Crippen LogP contribution in [-0.4, -0.2) is 23.6 Å². The van der Waals surface area contributed by atoms with Crippen molar-refractivity contribution < 1.29 is 9.63 Å². The van der Waals surface area contributed by atoms with Crippen LogP contribution in [0.1, 0.15) is 16.7 Å². The first-order valence-corrected chi connectivity index (χ1v) is 10.8. The van der Waals surface area contributed by atoms with Crippen LogP contribution in [0.2, 0.25) is 0 Å². The van der Waals surface area contributed by atoms with Crippen LogP contribution in [0, 0.1) is 0 Å². The van der Waals surface area contributed by atoms with Crippen LogP contribution in [0.25, 0.3) is 0 Å². The number of benzene rings is 4. The van der Waals surface area contributed by atoms with Crippen LogP contribution < -0.4 is 10.2 Å². The van der Waals surface area contributed by atoms with Crippen LogP contribution in [-0.2, 0) is 10.3 Å². The Balaban J connectivity index is 1.52. The Morgan fingerprint density at radius 2 is 1.06 bits per heavy atom. The average Bonchev–Trinajstić information content (AvgIpc) is 2.88. The van der Waals surface area contributed by atoms with E-state index in [-0.39, 0.29) is 11.9 Å². The highest BCUT2D eigenvalue weighted by atomic mass is 16.7. The highest BCUT2D eigenvalue weighted by Crippen LogP contribution is 2.38. The Hall–Kier alpha value is -3.89. The van der Waals surface area contributed by atoms with E-state index in [0.29, 0.717) is 12.3 Å². The van der Waals surface area contributed by atoms with Crippen molar-refractivity contribution in [3.05, 3.63) is 138 Å². The quantitative estimate of drug-likeness (QED) is 0.346. The van der Waals surface area contributed by atoms with Crippen LogP contribution in [0.4, 0.5) is 0 Å². The van der Waals surface area contributed by atoms with E-state index in [4.69, 9.17) is 4.84 Å². The molecule has 1 amide bonds. The first-order valence-electron chi connectivity index (χ1n) is 10.8. The van der Waals surface area contributed by atoms with Gasteiger partial charge in [0.1, 0.15) is 6.04 Å². The van der Waals surface area contributed by atoms with Crippen molar-refractivity contribution in [2.75, 3.05) is 6.54 Å².